The first kappa shape index (κ1) is 11.2. The van der Waals surface area contributed by atoms with E-state index in [1.807, 2.05) is 6.92 Å². The lowest BCUT2D eigenvalue weighted by Gasteiger charge is -2.06. The molecule has 0 N–H and O–H groups in total. The van der Waals surface area contributed by atoms with Gasteiger partial charge in [0, 0.05) is 0 Å². The highest BCUT2D eigenvalue weighted by atomic mass is 35.5. The van der Waals surface area contributed by atoms with Gasteiger partial charge in [0.2, 0.25) is 0 Å². The molecule has 1 unspecified atom stereocenters. The molecule has 0 rings (SSSR count). The second-order valence-electron chi connectivity index (χ2n) is 2.35. The van der Waals surface area contributed by atoms with Gasteiger partial charge in [-0.25, -0.2) is 0 Å². The molecule has 0 spiro atoms. The molecule has 3 nitrogen and oxygen atoms in total. The molecule has 0 bridgehead atoms. The van der Waals surface area contributed by atoms with Crippen LogP contribution in [0.25, 0.3) is 0 Å². The third kappa shape index (κ3) is 8.10. The molecule has 0 heterocycles. The molecule has 0 saturated carbocycles. The van der Waals surface area contributed by atoms with E-state index < -0.39 is 15.7 Å². The molecule has 0 saturated heterocycles. The van der Waals surface area contributed by atoms with Crippen LogP contribution in [-0.2, 0) is 14.3 Å². The van der Waals surface area contributed by atoms with E-state index in [4.69, 9.17) is 11.6 Å². The first-order chi connectivity index (χ1) is 4.95. The Balaban J connectivity index is 3.61. The van der Waals surface area contributed by atoms with Crippen LogP contribution in [0, 0.1) is 0 Å². The van der Waals surface area contributed by atoms with E-state index in [9.17, 15) is 8.42 Å². The normalized spacial score (nSPS) is 14.8. The topological polar surface area (TPSA) is 43.4 Å². The molecule has 0 amide bonds. The molecule has 5 heteroatoms. The fraction of sp³-hybridized carbons (Fsp3) is 1.00. The van der Waals surface area contributed by atoms with E-state index in [0.29, 0.717) is 6.42 Å². The Labute approximate surface area is 72.8 Å². The summed E-state index contributed by atoms with van der Waals surface area (Å²) in [5.41, 5.74) is -0.704. The van der Waals surface area contributed by atoms with Crippen LogP contribution >= 0.6 is 11.6 Å². The fourth-order valence-corrected chi connectivity index (χ4v) is 1.63. The zero-order valence-corrected chi connectivity index (χ0v) is 8.28. The van der Waals surface area contributed by atoms with Gasteiger partial charge in [0.1, 0.15) is 0 Å². The quantitative estimate of drug-likeness (QED) is 0.502. The smallest absolute Gasteiger partial charge is 0.251 e. The van der Waals surface area contributed by atoms with Crippen LogP contribution in [0.4, 0.5) is 0 Å². The molecule has 0 radical (unpaired) electrons. The van der Waals surface area contributed by atoms with E-state index in [1.165, 1.54) is 0 Å². The van der Waals surface area contributed by atoms with Crippen molar-refractivity contribution >= 4 is 21.7 Å². The van der Waals surface area contributed by atoms with E-state index in [2.05, 4.69) is 4.18 Å². The maximum atomic E-state index is 10.5. The predicted molar refractivity (Wildman–Crippen MR) is 45.1 cm³/mol. The molecule has 0 aromatic carbocycles. The van der Waals surface area contributed by atoms with Crippen LogP contribution in [0.3, 0.4) is 0 Å². The molecule has 0 aliphatic heterocycles. The Morgan fingerprint density at radius 2 is 2.09 bits per heavy atom. The lowest BCUT2D eigenvalue weighted by Crippen LogP contribution is -2.11. The summed E-state index contributed by atoms with van der Waals surface area (Å²) < 4.78 is 25.5. The highest BCUT2D eigenvalue weighted by molar-refractivity contribution is 7.86. The lowest BCUT2D eigenvalue weighted by molar-refractivity contribution is 0.274. The monoisotopic (exact) mass is 200 g/mol. The predicted octanol–water partition coefficient (Wildman–Crippen LogP) is 1.72. The summed E-state index contributed by atoms with van der Waals surface area (Å²) >= 11 is 5.54. The van der Waals surface area contributed by atoms with Crippen LogP contribution in [0.2, 0.25) is 0 Å². The van der Waals surface area contributed by atoms with Gasteiger partial charge in [-0.05, 0) is 12.8 Å². The molecule has 0 aliphatic carbocycles. The molecular formula is C6H13ClO3S. The van der Waals surface area contributed by atoms with Crippen molar-refractivity contribution in [1.29, 1.82) is 0 Å². The zero-order valence-electron chi connectivity index (χ0n) is 6.71. The van der Waals surface area contributed by atoms with Crippen LogP contribution < -0.4 is 0 Å². The van der Waals surface area contributed by atoms with Gasteiger partial charge < -0.3 is 0 Å². The van der Waals surface area contributed by atoms with E-state index >= 15 is 0 Å². The van der Waals surface area contributed by atoms with Gasteiger partial charge in [-0.15, -0.1) is 0 Å². The molecule has 0 aromatic heterocycles. The summed E-state index contributed by atoms with van der Waals surface area (Å²) in [6.07, 6.45) is 3.43. The van der Waals surface area contributed by atoms with Gasteiger partial charge in [-0.2, -0.15) is 8.42 Å². The first-order valence-electron chi connectivity index (χ1n) is 3.48. The largest absolute Gasteiger partial charge is 0.265 e. The van der Waals surface area contributed by atoms with Crippen molar-refractivity contribution in [1.82, 2.24) is 0 Å². The maximum absolute atomic E-state index is 10.5. The van der Waals surface area contributed by atoms with Gasteiger partial charge in [-0.3, -0.25) is 4.18 Å². The second kappa shape index (κ2) is 4.95. The Bertz CT molecular complexity index is 188. The molecular weight excluding hydrogens is 188 g/mol. The minimum Gasteiger partial charge on any atom is -0.251 e. The Morgan fingerprint density at radius 3 is 2.45 bits per heavy atom. The summed E-state index contributed by atoms with van der Waals surface area (Å²) in [5.74, 6) is 0. The first-order valence-corrected chi connectivity index (χ1v) is 5.73. The van der Waals surface area contributed by atoms with Crippen molar-refractivity contribution in [2.45, 2.75) is 31.7 Å². The summed E-state index contributed by atoms with van der Waals surface area (Å²) in [4.78, 5) is 0. The van der Waals surface area contributed by atoms with Crippen molar-refractivity contribution in [3.63, 3.8) is 0 Å². The van der Waals surface area contributed by atoms with Crippen molar-refractivity contribution in [3.05, 3.63) is 0 Å². The highest BCUT2D eigenvalue weighted by Crippen LogP contribution is 2.10. The van der Waals surface area contributed by atoms with Gasteiger partial charge in [0.15, 0.2) is 5.56 Å². The van der Waals surface area contributed by atoms with Crippen LogP contribution in [0.1, 0.15) is 26.2 Å². The molecule has 68 valence electrons. The minimum atomic E-state index is -3.39. The average molecular weight is 201 g/mol. The molecule has 0 aliphatic rings. The Hall–Kier alpha value is 0.200. The van der Waals surface area contributed by atoms with Crippen LogP contribution in [-0.4, -0.2) is 20.2 Å². The van der Waals surface area contributed by atoms with E-state index in [0.717, 1.165) is 19.1 Å². The molecule has 1 atom stereocenters. The van der Waals surface area contributed by atoms with E-state index in [-0.39, 0.29) is 0 Å². The molecule has 11 heavy (non-hydrogen) atoms. The maximum Gasteiger partial charge on any atom is 0.265 e. The SMILES string of the molecule is CCCCC(Cl)OS(C)(=O)=O. The summed E-state index contributed by atoms with van der Waals surface area (Å²) in [7, 11) is -3.39. The summed E-state index contributed by atoms with van der Waals surface area (Å²) in [6, 6.07) is 0. The third-order valence-corrected chi connectivity index (χ3v) is 2.06. The van der Waals surface area contributed by atoms with Crippen molar-refractivity contribution in [2.24, 2.45) is 0 Å². The fourth-order valence-electron chi connectivity index (χ4n) is 0.602. The van der Waals surface area contributed by atoms with Gasteiger partial charge in [0.25, 0.3) is 10.1 Å². The number of hydrogen-bond donors (Lipinski definition) is 0. The lowest BCUT2D eigenvalue weighted by atomic mass is 10.3. The van der Waals surface area contributed by atoms with Crippen LogP contribution in [0.5, 0.6) is 0 Å². The minimum absolute atomic E-state index is 0.575. The number of rotatable bonds is 5. The van der Waals surface area contributed by atoms with Crippen molar-refractivity contribution in [2.75, 3.05) is 6.26 Å². The highest BCUT2D eigenvalue weighted by Gasteiger charge is 2.10. The van der Waals surface area contributed by atoms with Crippen molar-refractivity contribution in [3.8, 4) is 0 Å². The number of unbranched alkanes of at least 4 members (excludes halogenated alkanes) is 1. The van der Waals surface area contributed by atoms with Crippen molar-refractivity contribution < 1.29 is 12.6 Å². The average Bonchev–Trinajstić information content (AvgIpc) is 1.79. The number of hydrogen-bond acceptors (Lipinski definition) is 3. The van der Waals surface area contributed by atoms with E-state index in [1.54, 1.807) is 0 Å². The van der Waals surface area contributed by atoms with Gasteiger partial charge in [0.05, 0.1) is 6.26 Å². The van der Waals surface area contributed by atoms with Gasteiger partial charge in [-0.1, -0.05) is 24.9 Å². The number of alkyl halides is 1. The molecule has 0 fully saturated rings. The zero-order chi connectivity index (χ0) is 8.91. The summed E-state index contributed by atoms with van der Waals surface area (Å²) in [6.45, 7) is 2.00. The Morgan fingerprint density at radius 1 is 1.55 bits per heavy atom. The molecule has 0 aromatic rings. The van der Waals surface area contributed by atoms with Crippen LogP contribution in [0.15, 0.2) is 0 Å². The standard InChI is InChI=1S/C6H13ClO3S/c1-3-4-5-6(7)10-11(2,8)9/h6H,3-5H2,1-2H3. The number of halogens is 1. The third-order valence-electron chi connectivity index (χ3n) is 1.06. The second-order valence-corrected chi connectivity index (χ2v) is 4.44. The Kier molecular flexibility index (Phi) is 5.04. The van der Waals surface area contributed by atoms with Gasteiger partial charge >= 0.3 is 0 Å². The summed E-state index contributed by atoms with van der Waals surface area (Å²) in [5, 5.41) is 0.